The largest absolute Gasteiger partial charge is 0.493 e. The second-order valence-corrected chi connectivity index (χ2v) is 6.42. The Morgan fingerprint density at radius 2 is 1.96 bits per heavy atom. The molecule has 0 fully saturated rings. The number of nitrogens with zero attached hydrogens (tertiary/aromatic N) is 4. The first kappa shape index (κ1) is 20.6. The van der Waals surface area contributed by atoms with Crippen LogP contribution in [0.1, 0.15) is 17.2 Å². The number of aliphatic imine (C=N–C) groups is 1. The zero-order valence-electron chi connectivity index (χ0n) is 17.0. The van der Waals surface area contributed by atoms with Gasteiger partial charge < -0.3 is 25.0 Å². The summed E-state index contributed by atoms with van der Waals surface area (Å²) in [4.78, 5) is 6.47. The van der Waals surface area contributed by atoms with Crippen molar-refractivity contribution in [2.75, 3.05) is 41.9 Å². The van der Waals surface area contributed by atoms with Crippen molar-refractivity contribution >= 4 is 5.96 Å². The quantitative estimate of drug-likeness (QED) is 0.537. The molecule has 0 aliphatic heterocycles. The lowest BCUT2D eigenvalue weighted by molar-refractivity contribution is 0.298. The second kappa shape index (κ2) is 9.82. The van der Waals surface area contributed by atoms with Crippen molar-refractivity contribution in [1.82, 2.24) is 25.3 Å². The smallest absolute Gasteiger partial charge is 0.191 e. The van der Waals surface area contributed by atoms with E-state index in [1.807, 2.05) is 42.3 Å². The van der Waals surface area contributed by atoms with Gasteiger partial charge in [0.2, 0.25) is 0 Å². The zero-order valence-corrected chi connectivity index (χ0v) is 17.0. The van der Waals surface area contributed by atoms with Gasteiger partial charge in [0.15, 0.2) is 17.5 Å². The van der Waals surface area contributed by atoms with Crippen molar-refractivity contribution in [3.05, 3.63) is 41.7 Å². The average Bonchev–Trinajstić information content (AvgIpc) is 3.09. The van der Waals surface area contributed by atoms with Crippen molar-refractivity contribution in [2.45, 2.75) is 12.6 Å². The van der Waals surface area contributed by atoms with E-state index in [-0.39, 0.29) is 6.04 Å². The highest BCUT2D eigenvalue weighted by Crippen LogP contribution is 2.27. The van der Waals surface area contributed by atoms with E-state index in [1.165, 1.54) is 0 Å². The Kier molecular flexibility index (Phi) is 7.48. The molecule has 1 aromatic carbocycles. The minimum Gasteiger partial charge on any atom is -0.493 e. The maximum atomic E-state index is 5.35. The molecule has 0 saturated carbocycles. The summed E-state index contributed by atoms with van der Waals surface area (Å²) < 4.78 is 12.4. The molecule has 2 N–H and O–H groups in total. The number of methoxy groups -OCH3 is 2. The van der Waals surface area contributed by atoms with Crippen molar-refractivity contribution in [3.63, 3.8) is 0 Å². The molecule has 0 spiro atoms. The first-order valence-corrected chi connectivity index (χ1v) is 8.78. The number of guanidine groups is 1. The highest BCUT2D eigenvalue weighted by atomic mass is 16.5. The van der Waals surface area contributed by atoms with E-state index >= 15 is 0 Å². The predicted molar refractivity (Wildman–Crippen MR) is 107 cm³/mol. The van der Waals surface area contributed by atoms with E-state index in [1.54, 1.807) is 21.3 Å². The Morgan fingerprint density at radius 1 is 1.22 bits per heavy atom. The third kappa shape index (κ3) is 5.62. The molecule has 0 radical (unpaired) electrons. The standard InChI is InChI=1S/C19H30N6O2/c1-20-19(21-10-14-7-8-17(26-5)18(9-14)27-6)22-12-16(24(2)3)15-11-23-25(4)13-15/h7-9,11,13,16H,10,12H2,1-6H3,(H2,20,21,22). The Labute approximate surface area is 161 Å². The van der Waals surface area contributed by atoms with Gasteiger partial charge in [-0.2, -0.15) is 5.10 Å². The molecule has 2 aromatic rings. The van der Waals surface area contributed by atoms with Crippen molar-refractivity contribution in [3.8, 4) is 11.5 Å². The van der Waals surface area contributed by atoms with Gasteiger partial charge in [0, 0.05) is 38.9 Å². The first-order valence-electron chi connectivity index (χ1n) is 8.78. The SMILES string of the molecule is CN=C(NCc1ccc(OC)c(OC)c1)NCC(c1cnn(C)c1)N(C)C. The summed E-state index contributed by atoms with van der Waals surface area (Å²) in [5.74, 6) is 2.17. The number of aryl methyl sites for hydroxylation is 1. The Morgan fingerprint density at radius 3 is 2.52 bits per heavy atom. The number of ether oxygens (including phenoxy) is 2. The van der Waals surface area contributed by atoms with Crippen molar-refractivity contribution < 1.29 is 9.47 Å². The van der Waals surface area contributed by atoms with Gasteiger partial charge in [-0.25, -0.2) is 0 Å². The molecule has 1 unspecified atom stereocenters. The molecule has 0 amide bonds. The molecular weight excluding hydrogens is 344 g/mol. The van der Waals surface area contributed by atoms with Gasteiger partial charge in [-0.3, -0.25) is 9.67 Å². The average molecular weight is 374 g/mol. The third-order valence-electron chi connectivity index (χ3n) is 4.33. The van der Waals surface area contributed by atoms with Crippen molar-refractivity contribution in [2.24, 2.45) is 12.0 Å². The summed E-state index contributed by atoms with van der Waals surface area (Å²) >= 11 is 0. The van der Waals surface area contributed by atoms with Crippen LogP contribution >= 0.6 is 0 Å². The number of hydrogen-bond acceptors (Lipinski definition) is 5. The first-order chi connectivity index (χ1) is 13.0. The van der Waals surface area contributed by atoms with Crippen LogP contribution in [-0.2, 0) is 13.6 Å². The molecule has 0 saturated heterocycles. The molecule has 1 aromatic heterocycles. The lowest BCUT2D eigenvalue weighted by Gasteiger charge is -2.24. The van der Waals surface area contributed by atoms with Gasteiger partial charge >= 0.3 is 0 Å². The molecule has 8 heteroatoms. The topological polar surface area (TPSA) is 75.9 Å². The van der Waals surface area contributed by atoms with Gasteiger partial charge in [-0.05, 0) is 31.8 Å². The number of aromatic nitrogens is 2. The van der Waals surface area contributed by atoms with Crippen LogP contribution in [0.15, 0.2) is 35.6 Å². The van der Waals surface area contributed by atoms with E-state index in [2.05, 4.69) is 39.7 Å². The monoisotopic (exact) mass is 374 g/mol. The number of nitrogens with one attached hydrogen (secondary N) is 2. The normalized spacial score (nSPS) is 12.8. The van der Waals surface area contributed by atoms with Crippen LogP contribution in [0.5, 0.6) is 11.5 Å². The van der Waals surface area contributed by atoms with Crippen LogP contribution in [0.25, 0.3) is 0 Å². The van der Waals surface area contributed by atoms with Crippen LogP contribution in [-0.4, -0.2) is 62.5 Å². The van der Waals surface area contributed by atoms with Crippen LogP contribution in [0.3, 0.4) is 0 Å². The molecule has 148 valence electrons. The van der Waals surface area contributed by atoms with Crippen LogP contribution in [0.4, 0.5) is 0 Å². The molecule has 0 bridgehead atoms. The van der Waals surface area contributed by atoms with Gasteiger partial charge in [-0.1, -0.05) is 6.07 Å². The third-order valence-corrected chi connectivity index (χ3v) is 4.33. The number of rotatable bonds is 8. The molecular formula is C19H30N6O2. The Balaban J connectivity index is 1.95. The lowest BCUT2D eigenvalue weighted by atomic mass is 10.1. The van der Waals surface area contributed by atoms with Gasteiger partial charge in [0.25, 0.3) is 0 Å². The fraction of sp³-hybridized carbons (Fsp3) is 0.474. The molecule has 27 heavy (non-hydrogen) atoms. The molecule has 8 nitrogen and oxygen atoms in total. The fourth-order valence-corrected chi connectivity index (χ4v) is 2.80. The molecule has 2 rings (SSSR count). The molecule has 0 aliphatic carbocycles. The molecule has 1 atom stereocenters. The van der Waals surface area contributed by atoms with Crippen molar-refractivity contribution in [1.29, 1.82) is 0 Å². The summed E-state index contributed by atoms with van der Waals surface area (Å²) in [7, 11) is 11.1. The minimum atomic E-state index is 0.193. The zero-order chi connectivity index (χ0) is 19.8. The van der Waals surface area contributed by atoms with E-state index < -0.39 is 0 Å². The van der Waals surface area contributed by atoms with Gasteiger partial charge in [0.05, 0.1) is 26.5 Å². The summed E-state index contributed by atoms with van der Waals surface area (Å²) in [6.07, 6.45) is 3.93. The summed E-state index contributed by atoms with van der Waals surface area (Å²) in [6, 6.07) is 6.05. The number of benzene rings is 1. The van der Waals surface area contributed by atoms with Crippen LogP contribution in [0, 0.1) is 0 Å². The molecule has 1 heterocycles. The fourth-order valence-electron chi connectivity index (χ4n) is 2.80. The predicted octanol–water partition coefficient (Wildman–Crippen LogP) is 1.41. The number of hydrogen-bond donors (Lipinski definition) is 2. The van der Waals surface area contributed by atoms with E-state index in [0.717, 1.165) is 17.1 Å². The maximum absolute atomic E-state index is 5.35. The van der Waals surface area contributed by atoms with Crippen LogP contribution < -0.4 is 20.1 Å². The lowest BCUT2D eigenvalue weighted by Crippen LogP contribution is -2.41. The van der Waals surface area contributed by atoms with Gasteiger partial charge in [-0.15, -0.1) is 0 Å². The van der Waals surface area contributed by atoms with E-state index in [4.69, 9.17) is 9.47 Å². The number of likely N-dealkylation sites (N-methyl/N-ethyl adjacent to an activating group) is 1. The maximum Gasteiger partial charge on any atom is 0.191 e. The highest BCUT2D eigenvalue weighted by Gasteiger charge is 2.16. The Bertz CT molecular complexity index is 756. The van der Waals surface area contributed by atoms with Gasteiger partial charge in [0.1, 0.15) is 0 Å². The Hall–Kier alpha value is -2.74. The minimum absolute atomic E-state index is 0.193. The summed E-state index contributed by atoms with van der Waals surface area (Å²) in [6.45, 7) is 1.34. The van der Waals surface area contributed by atoms with Crippen LogP contribution in [0.2, 0.25) is 0 Å². The molecule has 0 aliphatic rings. The summed E-state index contributed by atoms with van der Waals surface area (Å²) in [5.41, 5.74) is 2.23. The highest BCUT2D eigenvalue weighted by molar-refractivity contribution is 5.79. The second-order valence-electron chi connectivity index (χ2n) is 6.42. The summed E-state index contributed by atoms with van der Waals surface area (Å²) in [5, 5.41) is 11.0. The van der Waals surface area contributed by atoms with E-state index in [9.17, 15) is 0 Å². The van der Waals surface area contributed by atoms with E-state index in [0.29, 0.717) is 24.6 Å².